The van der Waals surface area contributed by atoms with Gasteiger partial charge in [-0.15, -0.1) is 11.3 Å². The third kappa shape index (κ3) is 2.37. The molecule has 0 amide bonds. The molecule has 6 nitrogen and oxygen atoms in total. The highest BCUT2D eigenvalue weighted by atomic mass is 32.1. The van der Waals surface area contributed by atoms with Crippen LogP contribution in [0.2, 0.25) is 0 Å². The number of aryl methyl sites for hydroxylation is 1. The highest BCUT2D eigenvalue weighted by Crippen LogP contribution is 2.26. The molecule has 7 heteroatoms. The van der Waals surface area contributed by atoms with Gasteiger partial charge >= 0.3 is 0 Å². The lowest BCUT2D eigenvalue weighted by Crippen LogP contribution is -2.05. The molecule has 3 heterocycles. The van der Waals surface area contributed by atoms with E-state index in [2.05, 4.69) is 25.7 Å². The number of fused-ring (bicyclic) bond motifs is 1. The first-order valence-corrected chi connectivity index (χ1v) is 6.79. The molecular formula is C12H14N6S. The third-order valence-electron chi connectivity index (χ3n) is 2.75. The van der Waals surface area contributed by atoms with Crippen LogP contribution in [0.25, 0.3) is 10.2 Å². The summed E-state index contributed by atoms with van der Waals surface area (Å²) in [5, 5.41) is 13.7. The number of hydrogen-bond donors (Lipinski definition) is 2. The van der Waals surface area contributed by atoms with Crippen LogP contribution >= 0.6 is 11.3 Å². The van der Waals surface area contributed by atoms with Crippen LogP contribution in [0.15, 0.2) is 23.7 Å². The van der Waals surface area contributed by atoms with Gasteiger partial charge in [-0.25, -0.2) is 4.98 Å². The van der Waals surface area contributed by atoms with Crippen molar-refractivity contribution in [1.82, 2.24) is 19.7 Å². The molecule has 0 saturated heterocycles. The van der Waals surface area contributed by atoms with Crippen molar-refractivity contribution in [2.45, 2.75) is 6.54 Å². The van der Waals surface area contributed by atoms with Crippen molar-refractivity contribution in [3.63, 3.8) is 0 Å². The molecule has 0 aliphatic heterocycles. The minimum Gasteiger partial charge on any atom is -0.364 e. The smallest absolute Gasteiger partial charge is 0.225 e. The van der Waals surface area contributed by atoms with Crippen molar-refractivity contribution >= 4 is 33.3 Å². The average Bonchev–Trinajstić information content (AvgIpc) is 3.04. The summed E-state index contributed by atoms with van der Waals surface area (Å²) >= 11 is 1.61. The maximum absolute atomic E-state index is 4.45. The minimum absolute atomic E-state index is 0.624. The Morgan fingerprint density at radius 1 is 1.32 bits per heavy atom. The Hall–Kier alpha value is -2.15. The normalized spacial score (nSPS) is 10.8. The van der Waals surface area contributed by atoms with Gasteiger partial charge in [0.2, 0.25) is 5.95 Å². The number of hydrogen-bond acceptors (Lipinski definition) is 6. The lowest BCUT2D eigenvalue weighted by atomic mass is 10.3. The lowest BCUT2D eigenvalue weighted by molar-refractivity contribution is 0.747. The van der Waals surface area contributed by atoms with E-state index >= 15 is 0 Å². The van der Waals surface area contributed by atoms with Crippen LogP contribution in [0.1, 0.15) is 5.69 Å². The lowest BCUT2D eigenvalue weighted by Gasteiger charge is -2.07. The zero-order chi connectivity index (χ0) is 13.2. The van der Waals surface area contributed by atoms with Crippen molar-refractivity contribution < 1.29 is 0 Å². The molecule has 0 aromatic carbocycles. The van der Waals surface area contributed by atoms with Gasteiger partial charge in [-0.05, 0) is 17.5 Å². The molecule has 0 unspecified atom stereocenters. The summed E-state index contributed by atoms with van der Waals surface area (Å²) in [6.07, 6.45) is 1.93. The SMILES string of the molecule is CNc1nc(NCc2ccn(C)n2)c2ccsc2n1. The topological polar surface area (TPSA) is 67.7 Å². The van der Waals surface area contributed by atoms with Crippen LogP contribution in [-0.2, 0) is 13.6 Å². The summed E-state index contributed by atoms with van der Waals surface area (Å²) in [6.45, 7) is 0.645. The zero-order valence-corrected chi connectivity index (χ0v) is 11.5. The molecule has 0 spiro atoms. The molecular weight excluding hydrogens is 260 g/mol. The summed E-state index contributed by atoms with van der Waals surface area (Å²) in [7, 11) is 3.72. The second-order valence-corrected chi connectivity index (χ2v) is 5.01. The Balaban J connectivity index is 1.88. The standard InChI is InChI=1S/C12H14N6S/c1-13-12-15-10(9-4-6-19-11(9)16-12)14-7-8-3-5-18(2)17-8/h3-6H,7H2,1-2H3,(H2,13,14,15,16). The molecule has 98 valence electrons. The fourth-order valence-electron chi connectivity index (χ4n) is 1.83. The van der Waals surface area contributed by atoms with Gasteiger partial charge in [-0.2, -0.15) is 10.1 Å². The van der Waals surface area contributed by atoms with Crippen LogP contribution < -0.4 is 10.6 Å². The van der Waals surface area contributed by atoms with Gasteiger partial charge in [0.15, 0.2) is 0 Å². The Kier molecular flexibility index (Phi) is 3.04. The van der Waals surface area contributed by atoms with Gasteiger partial charge < -0.3 is 10.6 Å². The molecule has 0 saturated carbocycles. The van der Waals surface area contributed by atoms with E-state index < -0.39 is 0 Å². The van der Waals surface area contributed by atoms with Gasteiger partial charge in [-0.1, -0.05) is 0 Å². The monoisotopic (exact) mass is 274 g/mol. The summed E-state index contributed by atoms with van der Waals surface area (Å²) in [6, 6.07) is 4.01. The van der Waals surface area contributed by atoms with Crippen LogP contribution in [0.3, 0.4) is 0 Å². The van der Waals surface area contributed by atoms with Gasteiger partial charge in [0.25, 0.3) is 0 Å². The molecule has 0 fully saturated rings. The van der Waals surface area contributed by atoms with Crippen molar-refractivity contribution in [3.8, 4) is 0 Å². The van der Waals surface area contributed by atoms with Crippen molar-refractivity contribution in [2.75, 3.05) is 17.7 Å². The number of nitrogens with zero attached hydrogens (tertiary/aromatic N) is 4. The van der Waals surface area contributed by atoms with E-state index in [0.717, 1.165) is 21.7 Å². The molecule has 0 atom stereocenters. The van der Waals surface area contributed by atoms with Crippen LogP contribution in [0.4, 0.5) is 11.8 Å². The van der Waals surface area contributed by atoms with Crippen LogP contribution in [0, 0.1) is 0 Å². The maximum atomic E-state index is 4.45. The summed E-state index contributed by atoms with van der Waals surface area (Å²) < 4.78 is 1.79. The highest BCUT2D eigenvalue weighted by molar-refractivity contribution is 7.16. The highest BCUT2D eigenvalue weighted by Gasteiger charge is 2.08. The Bertz CT molecular complexity index is 701. The third-order valence-corrected chi connectivity index (χ3v) is 3.56. The summed E-state index contributed by atoms with van der Waals surface area (Å²) in [5.74, 6) is 1.46. The number of rotatable bonds is 4. The molecule has 19 heavy (non-hydrogen) atoms. The number of aromatic nitrogens is 4. The van der Waals surface area contributed by atoms with E-state index in [-0.39, 0.29) is 0 Å². The Morgan fingerprint density at radius 3 is 2.95 bits per heavy atom. The second kappa shape index (κ2) is 4.85. The Morgan fingerprint density at radius 2 is 2.21 bits per heavy atom. The molecule has 0 aliphatic rings. The van der Waals surface area contributed by atoms with Gasteiger partial charge in [0.1, 0.15) is 10.6 Å². The minimum atomic E-state index is 0.624. The fraction of sp³-hybridized carbons (Fsp3) is 0.250. The van der Waals surface area contributed by atoms with Gasteiger partial charge in [-0.3, -0.25) is 4.68 Å². The molecule has 2 N–H and O–H groups in total. The largest absolute Gasteiger partial charge is 0.364 e. The van der Waals surface area contributed by atoms with Crippen molar-refractivity contribution in [2.24, 2.45) is 7.05 Å². The van der Waals surface area contributed by atoms with E-state index in [9.17, 15) is 0 Å². The maximum Gasteiger partial charge on any atom is 0.225 e. The van der Waals surface area contributed by atoms with Gasteiger partial charge in [0, 0.05) is 20.3 Å². The van der Waals surface area contributed by atoms with E-state index in [1.54, 1.807) is 16.0 Å². The molecule has 3 rings (SSSR count). The van der Waals surface area contributed by atoms with Crippen LogP contribution in [-0.4, -0.2) is 26.8 Å². The first kappa shape index (κ1) is 11.9. The summed E-state index contributed by atoms with van der Waals surface area (Å²) in [5.41, 5.74) is 0.982. The predicted octanol–water partition coefficient (Wildman–Crippen LogP) is 2.08. The number of anilines is 2. The quantitative estimate of drug-likeness (QED) is 0.762. The molecule has 0 radical (unpaired) electrons. The van der Waals surface area contributed by atoms with E-state index in [4.69, 9.17) is 0 Å². The number of thiophene rings is 1. The van der Waals surface area contributed by atoms with E-state index in [1.807, 2.05) is 37.8 Å². The number of nitrogens with one attached hydrogen (secondary N) is 2. The average molecular weight is 274 g/mol. The first-order chi connectivity index (χ1) is 9.26. The fourth-order valence-corrected chi connectivity index (χ4v) is 2.60. The zero-order valence-electron chi connectivity index (χ0n) is 10.7. The molecule has 0 aliphatic carbocycles. The van der Waals surface area contributed by atoms with E-state index in [1.165, 1.54) is 0 Å². The van der Waals surface area contributed by atoms with Gasteiger partial charge in [0.05, 0.1) is 17.6 Å². The molecule has 3 aromatic rings. The first-order valence-electron chi connectivity index (χ1n) is 5.91. The Labute approximate surface area is 114 Å². The predicted molar refractivity (Wildman–Crippen MR) is 77.5 cm³/mol. The summed E-state index contributed by atoms with van der Waals surface area (Å²) in [4.78, 5) is 9.84. The second-order valence-electron chi connectivity index (χ2n) is 4.12. The van der Waals surface area contributed by atoms with Crippen molar-refractivity contribution in [3.05, 3.63) is 29.4 Å². The van der Waals surface area contributed by atoms with Crippen LogP contribution in [0.5, 0.6) is 0 Å². The molecule has 3 aromatic heterocycles. The van der Waals surface area contributed by atoms with E-state index in [0.29, 0.717) is 12.5 Å². The molecule has 0 bridgehead atoms. The van der Waals surface area contributed by atoms with Crippen molar-refractivity contribution in [1.29, 1.82) is 0 Å².